The van der Waals surface area contributed by atoms with E-state index >= 15 is 0 Å². The zero-order valence-electron chi connectivity index (χ0n) is 16.0. The molecule has 1 aromatic carbocycles. The second kappa shape index (κ2) is 8.20. The normalized spacial score (nSPS) is 11.2. The lowest BCUT2D eigenvalue weighted by Gasteiger charge is -2.26. The van der Waals surface area contributed by atoms with Crippen LogP contribution in [-0.4, -0.2) is 22.0 Å². The third kappa shape index (κ3) is 4.45. The number of nitrogens with two attached hydrogens (primary N) is 1. The summed E-state index contributed by atoms with van der Waals surface area (Å²) in [6, 6.07) is 5.54. The van der Waals surface area contributed by atoms with Crippen molar-refractivity contribution in [2.24, 2.45) is 11.8 Å². The fourth-order valence-corrected chi connectivity index (χ4v) is 2.81. The number of H-pyrrole nitrogens is 1. The van der Waals surface area contributed by atoms with Gasteiger partial charge < -0.3 is 10.6 Å². The van der Waals surface area contributed by atoms with Crippen LogP contribution < -0.4 is 21.9 Å². The summed E-state index contributed by atoms with van der Waals surface area (Å²) in [5.41, 5.74) is 4.39. The van der Waals surface area contributed by atoms with Crippen LogP contribution in [-0.2, 0) is 6.54 Å². The number of aromatic amines is 1. The van der Waals surface area contributed by atoms with E-state index in [0.29, 0.717) is 0 Å². The van der Waals surface area contributed by atoms with Gasteiger partial charge in [0.2, 0.25) is 0 Å². The Labute approximate surface area is 156 Å². The first-order valence-corrected chi connectivity index (χ1v) is 8.82. The molecular formula is C19H25FN4O3. The predicted molar refractivity (Wildman–Crippen MR) is 103 cm³/mol. The quantitative estimate of drug-likeness (QED) is 0.807. The molecule has 0 aliphatic heterocycles. The number of benzene rings is 1. The first-order valence-electron chi connectivity index (χ1n) is 8.82. The summed E-state index contributed by atoms with van der Waals surface area (Å²) in [5.74, 6) is -1.42. The molecule has 0 radical (unpaired) electrons. The van der Waals surface area contributed by atoms with Crippen molar-refractivity contribution in [1.82, 2.24) is 9.55 Å². The Kier molecular flexibility index (Phi) is 6.20. The topological polar surface area (TPSA) is 101 Å². The van der Waals surface area contributed by atoms with Crippen molar-refractivity contribution in [3.63, 3.8) is 0 Å². The van der Waals surface area contributed by atoms with Gasteiger partial charge in [0.25, 0.3) is 11.5 Å². The summed E-state index contributed by atoms with van der Waals surface area (Å²) in [6.07, 6.45) is 0. The van der Waals surface area contributed by atoms with E-state index in [1.807, 2.05) is 27.7 Å². The van der Waals surface area contributed by atoms with Gasteiger partial charge in [0, 0.05) is 13.1 Å². The first kappa shape index (κ1) is 20.4. The number of carbonyl (C=O) groups is 1. The molecule has 3 N–H and O–H groups in total. The molecule has 0 saturated carbocycles. The average molecular weight is 376 g/mol. The second-order valence-corrected chi connectivity index (χ2v) is 7.29. The van der Waals surface area contributed by atoms with Crippen LogP contribution in [0.4, 0.5) is 15.9 Å². The van der Waals surface area contributed by atoms with E-state index in [1.54, 1.807) is 0 Å². The SMILES string of the molecule is CC(C)CN(C(=O)c1ccccc1F)c1c(N)n(CC(C)C)c(=O)[nH]c1=O. The van der Waals surface area contributed by atoms with Crippen molar-refractivity contribution in [3.05, 3.63) is 56.5 Å². The number of hydrogen-bond donors (Lipinski definition) is 2. The molecule has 0 aliphatic carbocycles. The van der Waals surface area contributed by atoms with Gasteiger partial charge in [-0.2, -0.15) is 0 Å². The van der Waals surface area contributed by atoms with E-state index in [0.717, 1.165) is 4.90 Å². The Bertz CT molecular complexity index is 947. The van der Waals surface area contributed by atoms with Crippen molar-refractivity contribution in [2.45, 2.75) is 34.2 Å². The van der Waals surface area contributed by atoms with E-state index in [1.165, 1.54) is 28.8 Å². The summed E-state index contributed by atoms with van der Waals surface area (Å²) >= 11 is 0. The van der Waals surface area contributed by atoms with Gasteiger partial charge in [-0.3, -0.25) is 19.1 Å². The monoisotopic (exact) mass is 376 g/mol. The molecule has 0 spiro atoms. The Morgan fingerprint density at radius 1 is 1.19 bits per heavy atom. The fourth-order valence-electron chi connectivity index (χ4n) is 2.81. The maximum Gasteiger partial charge on any atom is 0.330 e. The van der Waals surface area contributed by atoms with Gasteiger partial charge in [0.15, 0.2) is 5.69 Å². The molecule has 1 aromatic heterocycles. The van der Waals surface area contributed by atoms with Crippen LogP contribution in [0.3, 0.4) is 0 Å². The fraction of sp³-hybridized carbons (Fsp3) is 0.421. The molecule has 0 aliphatic rings. The van der Waals surface area contributed by atoms with Gasteiger partial charge in [0.1, 0.15) is 11.6 Å². The highest BCUT2D eigenvalue weighted by atomic mass is 19.1. The van der Waals surface area contributed by atoms with Gasteiger partial charge >= 0.3 is 5.69 Å². The van der Waals surface area contributed by atoms with Crippen molar-refractivity contribution in [2.75, 3.05) is 17.2 Å². The Balaban J connectivity index is 2.67. The van der Waals surface area contributed by atoms with Gasteiger partial charge in [-0.1, -0.05) is 39.8 Å². The summed E-state index contributed by atoms with van der Waals surface area (Å²) in [6.45, 7) is 7.92. The van der Waals surface area contributed by atoms with Crippen molar-refractivity contribution in [3.8, 4) is 0 Å². The molecular weight excluding hydrogens is 351 g/mol. The van der Waals surface area contributed by atoms with E-state index < -0.39 is 23.0 Å². The molecule has 146 valence electrons. The lowest BCUT2D eigenvalue weighted by molar-refractivity contribution is 0.0979. The van der Waals surface area contributed by atoms with E-state index in [-0.39, 0.29) is 42.0 Å². The number of nitrogen functional groups attached to an aromatic ring is 1. The molecule has 0 fully saturated rings. The third-order valence-electron chi connectivity index (χ3n) is 3.93. The maximum atomic E-state index is 14.2. The molecule has 8 heteroatoms. The average Bonchev–Trinajstić information content (AvgIpc) is 2.57. The highest BCUT2D eigenvalue weighted by Gasteiger charge is 2.27. The van der Waals surface area contributed by atoms with Gasteiger partial charge in [-0.25, -0.2) is 9.18 Å². The minimum atomic E-state index is -0.775. The largest absolute Gasteiger partial charge is 0.383 e. The second-order valence-electron chi connectivity index (χ2n) is 7.29. The van der Waals surface area contributed by atoms with Crippen molar-refractivity contribution < 1.29 is 9.18 Å². The summed E-state index contributed by atoms with van der Waals surface area (Å²) < 4.78 is 15.4. The number of aromatic nitrogens is 2. The highest BCUT2D eigenvalue weighted by molar-refractivity contribution is 6.07. The lowest BCUT2D eigenvalue weighted by Crippen LogP contribution is -2.43. The molecule has 1 heterocycles. The van der Waals surface area contributed by atoms with Gasteiger partial charge in [0.05, 0.1) is 5.56 Å². The van der Waals surface area contributed by atoms with Crippen LogP contribution in [0, 0.1) is 17.7 Å². The molecule has 7 nitrogen and oxygen atoms in total. The molecule has 2 rings (SSSR count). The van der Waals surface area contributed by atoms with Crippen LogP contribution in [0.5, 0.6) is 0 Å². The lowest BCUT2D eigenvalue weighted by atomic mass is 10.1. The zero-order valence-corrected chi connectivity index (χ0v) is 16.0. The van der Waals surface area contributed by atoms with Crippen LogP contribution in [0.2, 0.25) is 0 Å². The number of halogens is 1. The number of rotatable bonds is 6. The number of nitrogens with zero attached hydrogens (tertiary/aromatic N) is 2. The van der Waals surface area contributed by atoms with E-state index in [4.69, 9.17) is 5.73 Å². The molecule has 0 unspecified atom stereocenters. The minimum absolute atomic E-state index is 0.0231. The zero-order chi connectivity index (χ0) is 20.3. The number of hydrogen-bond acceptors (Lipinski definition) is 4. The Morgan fingerprint density at radius 3 is 2.37 bits per heavy atom. The first-order chi connectivity index (χ1) is 12.6. The molecule has 1 amide bonds. The smallest absolute Gasteiger partial charge is 0.330 e. The Hall–Kier alpha value is -2.90. The number of carbonyl (C=O) groups excluding carboxylic acids is 1. The summed E-state index contributed by atoms with van der Waals surface area (Å²) in [4.78, 5) is 41.0. The third-order valence-corrected chi connectivity index (χ3v) is 3.93. The Morgan fingerprint density at radius 2 is 1.81 bits per heavy atom. The molecule has 0 bridgehead atoms. The van der Waals surface area contributed by atoms with Crippen LogP contribution in [0.25, 0.3) is 0 Å². The predicted octanol–water partition coefficient (Wildman–Crippen LogP) is 2.22. The van der Waals surface area contributed by atoms with Crippen LogP contribution in [0.15, 0.2) is 33.9 Å². The number of anilines is 2. The van der Waals surface area contributed by atoms with E-state index in [2.05, 4.69) is 4.98 Å². The minimum Gasteiger partial charge on any atom is -0.383 e. The van der Waals surface area contributed by atoms with Crippen molar-refractivity contribution in [1.29, 1.82) is 0 Å². The molecule has 27 heavy (non-hydrogen) atoms. The van der Waals surface area contributed by atoms with Crippen molar-refractivity contribution >= 4 is 17.4 Å². The molecule has 0 atom stereocenters. The van der Waals surface area contributed by atoms with Gasteiger partial charge in [-0.15, -0.1) is 0 Å². The summed E-state index contributed by atoms with van der Waals surface area (Å²) in [5, 5.41) is 0. The standard InChI is InChI=1S/C19H25FN4O3/c1-11(2)9-23(18(26)13-7-5-6-8-14(13)20)15-16(21)24(10-12(3)4)19(27)22-17(15)25/h5-8,11-12H,9-10,21H2,1-4H3,(H,22,25,27). The van der Waals surface area contributed by atoms with Crippen LogP contribution in [0.1, 0.15) is 38.1 Å². The van der Waals surface area contributed by atoms with Gasteiger partial charge in [-0.05, 0) is 24.0 Å². The van der Waals surface area contributed by atoms with Crippen LogP contribution >= 0.6 is 0 Å². The summed E-state index contributed by atoms with van der Waals surface area (Å²) in [7, 11) is 0. The maximum absolute atomic E-state index is 14.2. The molecule has 2 aromatic rings. The number of amides is 1. The highest BCUT2D eigenvalue weighted by Crippen LogP contribution is 2.22. The number of nitrogens with one attached hydrogen (secondary N) is 1. The van der Waals surface area contributed by atoms with E-state index in [9.17, 15) is 18.8 Å². The molecule has 0 saturated heterocycles.